The number of rotatable bonds is 1. The number of benzene rings is 1. The van der Waals surface area contributed by atoms with Gasteiger partial charge >= 0.3 is 0 Å². The molecule has 0 saturated heterocycles. The first kappa shape index (κ1) is 20.2. The third kappa shape index (κ3) is 2.16. The molecule has 1 heterocycles. The molecule has 5 rings (SSSR count). The molecule has 2 aromatic rings. The van der Waals surface area contributed by atoms with Crippen molar-refractivity contribution in [3.05, 3.63) is 46.3 Å². The molecule has 3 aliphatic rings. The molecule has 3 aliphatic carbocycles. The van der Waals surface area contributed by atoms with E-state index in [1.165, 1.54) is 6.92 Å². The third-order valence-corrected chi connectivity index (χ3v) is 7.03. The van der Waals surface area contributed by atoms with E-state index in [2.05, 4.69) is 4.98 Å². The van der Waals surface area contributed by atoms with Crippen LogP contribution in [0, 0.1) is 11.8 Å². The number of amides is 1. The monoisotopic (exact) mass is 440 g/mol. The number of hydrogen-bond acceptors (Lipinski definition) is 10. The number of ketones is 2. The second-order valence-electron chi connectivity index (χ2n) is 8.77. The number of aliphatic hydroxyl groups excluding tert-OH is 2. The molecule has 1 aromatic heterocycles. The molecule has 1 aromatic carbocycles. The number of aliphatic hydroxyl groups is 3. The van der Waals surface area contributed by atoms with Gasteiger partial charge in [0.25, 0.3) is 5.91 Å². The number of carbonyl (C=O) groups excluding carboxylic acids is 3. The number of allylic oxidation sites excluding steroid dienone is 1. The maximum Gasteiger partial charge on any atom is 0.255 e. The Morgan fingerprint density at radius 1 is 1.28 bits per heavy atom. The molecular weight excluding hydrogens is 420 g/mol. The minimum absolute atomic E-state index is 0.0518. The minimum Gasteiger partial charge on any atom is -0.509 e. The molecule has 1 unspecified atom stereocenters. The zero-order valence-electron chi connectivity index (χ0n) is 16.9. The fraction of sp³-hybridized carbons (Fsp3) is 0.333. The van der Waals surface area contributed by atoms with Crippen molar-refractivity contribution in [3.63, 3.8) is 0 Å². The van der Waals surface area contributed by atoms with E-state index in [4.69, 9.17) is 21.6 Å². The normalized spacial score (nSPS) is 32.1. The van der Waals surface area contributed by atoms with Crippen molar-refractivity contribution < 1.29 is 34.1 Å². The number of primary amides is 1. The van der Waals surface area contributed by atoms with Crippen LogP contribution in [0.1, 0.15) is 29.3 Å². The Balaban J connectivity index is 1.78. The van der Waals surface area contributed by atoms with Gasteiger partial charge in [-0.05, 0) is 37.3 Å². The number of nitrogens with zero attached hydrogens (tertiary/aromatic N) is 1. The van der Waals surface area contributed by atoms with Gasteiger partial charge in [-0.1, -0.05) is 0 Å². The second kappa shape index (κ2) is 5.96. The van der Waals surface area contributed by atoms with Crippen molar-refractivity contribution in [2.75, 3.05) is 5.73 Å². The van der Waals surface area contributed by atoms with E-state index in [9.17, 15) is 29.7 Å². The first-order valence-corrected chi connectivity index (χ1v) is 9.84. The summed E-state index contributed by atoms with van der Waals surface area (Å²) in [5.41, 5.74) is 13.4. The number of nitrogens with two attached hydrogens (primary N) is 3. The van der Waals surface area contributed by atoms with Crippen molar-refractivity contribution in [3.8, 4) is 0 Å². The summed E-state index contributed by atoms with van der Waals surface area (Å²) in [7, 11) is 0. The Hall–Kier alpha value is -3.70. The highest BCUT2D eigenvalue weighted by Crippen LogP contribution is 2.54. The van der Waals surface area contributed by atoms with E-state index in [-0.39, 0.29) is 29.6 Å². The second-order valence-corrected chi connectivity index (χ2v) is 8.77. The summed E-state index contributed by atoms with van der Waals surface area (Å²) in [6.07, 6.45) is 1.29. The van der Waals surface area contributed by atoms with Crippen molar-refractivity contribution >= 4 is 34.3 Å². The molecule has 11 heteroatoms. The zero-order chi connectivity index (χ0) is 23.3. The molecule has 11 nitrogen and oxygen atoms in total. The summed E-state index contributed by atoms with van der Waals surface area (Å²) in [6.45, 7) is 1.32. The van der Waals surface area contributed by atoms with Crippen LogP contribution in [0.2, 0.25) is 0 Å². The highest BCUT2D eigenvalue weighted by atomic mass is 16.4. The predicted octanol–water partition coefficient (Wildman–Crippen LogP) is -0.0744. The number of anilines is 1. The molecular formula is C21H20N4O7. The van der Waals surface area contributed by atoms with E-state index >= 15 is 0 Å². The van der Waals surface area contributed by atoms with E-state index in [0.717, 1.165) is 6.39 Å². The summed E-state index contributed by atoms with van der Waals surface area (Å²) in [6, 6.07) is 1.57. The van der Waals surface area contributed by atoms with Crippen molar-refractivity contribution in [2.45, 2.75) is 30.9 Å². The maximum absolute atomic E-state index is 13.5. The first-order valence-electron chi connectivity index (χ1n) is 9.84. The summed E-state index contributed by atoms with van der Waals surface area (Å²) < 4.78 is 5.36. The van der Waals surface area contributed by atoms with Crippen LogP contribution in [0.5, 0.6) is 0 Å². The molecule has 9 N–H and O–H groups in total. The lowest BCUT2D eigenvalue weighted by molar-refractivity contribution is -0.148. The number of hydrogen-bond donors (Lipinski definition) is 6. The van der Waals surface area contributed by atoms with Crippen LogP contribution in [0.15, 0.2) is 39.5 Å². The molecule has 0 spiro atoms. The Kier molecular flexibility index (Phi) is 3.76. The first-order chi connectivity index (χ1) is 14.9. The van der Waals surface area contributed by atoms with Crippen molar-refractivity contribution in [2.24, 2.45) is 23.3 Å². The van der Waals surface area contributed by atoms with Gasteiger partial charge in [0.1, 0.15) is 22.6 Å². The number of aromatic nitrogens is 1. The number of carbonyl (C=O) groups is 3. The van der Waals surface area contributed by atoms with Gasteiger partial charge in [0, 0.05) is 17.2 Å². The standard InChI is InChI=1S/C21H20N4O7/c1-20(24)10-3-6-2-7-8(22)4-9-15(32-5-25-9)12(7)14(26)11(6)17(28)21(10,31)18(29)13(16(20)27)19(23)30/h4-6,10,27-28,31H,2-3,22,24H2,1H3,(H2,23,30)/t6-,10-,20?,21-/m0/s1. The van der Waals surface area contributed by atoms with Crippen molar-refractivity contribution in [1.82, 2.24) is 4.98 Å². The number of Topliss-reactive ketones (excluding diaryl/α,β-unsaturated/α-hetero) is 2. The van der Waals surface area contributed by atoms with E-state index in [1.807, 2.05) is 0 Å². The third-order valence-electron chi connectivity index (χ3n) is 7.03. The SMILES string of the molecule is CC1(N)C(O)=C(C(N)=O)C(=O)[C@@]2(O)C(O)=C3C(=O)c4c(c(N)cc5ncoc45)C[C@H]3C[C@@H]12. The zero-order valence-corrected chi connectivity index (χ0v) is 16.9. The summed E-state index contributed by atoms with van der Waals surface area (Å²) >= 11 is 0. The molecule has 0 saturated carbocycles. The van der Waals surface area contributed by atoms with Gasteiger partial charge in [0.05, 0.1) is 11.1 Å². The molecule has 1 amide bonds. The van der Waals surface area contributed by atoms with Gasteiger partial charge in [-0.15, -0.1) is 0 Å². The quantitative estimate of drug-likeness (QED) is 0.256. The van der Waals surface area contributed by atoms with E-state index in [0.29, 0.717) is 16.8 Å². The highest BCUT2D eigenvalue weighted by molar-refractivity contribution is 6.25. The Labute approximate surface area is 180 Å². The maximum atomic E-state index is 13.5. The fourth-order valence-corrected chi connectivity index (χ4v) is 5.42. The number of fused-ring (bicyclic) bond motifs is 5. The Morgan fingerprint density at radius 3 is 2.62 bits per heavy atom. The highest BCUT2D eigenvalue weighted by Gasteiger charge is 2.65. The lowest BCUT2D eigenvalue weighted by Crippen LogP contribution is -2.68. The van der Waals surface area contributed by atoms with E-state index in [1.54, 1.807) is 6.07 Å². The van der Waals surface area contributed by atoms with Gasteiger partial charge in [-0.2, -0.15) is 0 Å². The molecule has 166 valence electrons. The molecule has 0 bridgehead atoms. The average molecular weight is 440 g/mol. The van der Waals surface area contributed by atoms with Gasteiger partial charge in [0.15, 0.2) is 23.4 Å². The summed E-state index contributed by atoms with van der Waals surface area (Å²) in [5.74, 6) is -6.91. The lowest BCUT2D eigenvalue weighted by Gasteiger charge is -2.51. The van der Waals surface area contributed by atoms with Crippen LogP contribution in [-0.4, -0.2) is 48.9 Å². The van der Waals surface area contributed by atoms with Gasteiger partial charge in [-0.3, -0.25) is 14.4 Å². The molecule has 0 aliphatic heterocycles. The van der Waals surface area contributed by atoms with Gasteiger partial charge < -0.3 is 36.9 Å². The van der Waals surface area contributed by atoms with Crippen molar-refractivity contribution in [1.29, 1.82) is 0 Å². The lowest BCUT2D eigenvalue weighted by atomic mass is 9.55. The fourth-order valence-electron chi connectivity index (χ4n) is 5.42. The van der Waals surface area contributed by atoms with Gasteiger partial charge in [-0.25, -0.2) is 4.98 Å². The van der Waals surface area contributed by atoms with Crippen LogP contribution in [0.4, 0.5) is 5.69 Å². The molecule has 0 fully saturated rings. The van der Waals surface area contributed by atoms with Crippen LogP contribution in [0.3, 0.4) is 0 Å². The molecule has 4 atom stereocenters. The largest absolute Gasteiger partial charge is 0.509 e. The molecule has 0 radical (unpaired) electrons. The summed E-state index contributed by atoms with van der Waals surface area (Å²) in [4.78, 5) is 42.5. The average Bonchev–Trinajstić information content (AvgIpc) is 3.17. The van der Waals surface area contributed by atoms with Crippen LogP contribution in [-0.2, 0) is 16.0 Å². The van der Waals surface area contributed by atoms with Crippen LogP contribution < -0.4 is 17.2 Å². The minimum atomic E-state index is -2.72. The Bertz CT molecular complexity index is 1340. The molecule has 32 heavy (non-hydrogen) atoms. The smallest absolute Gasteiger partial charge is 0.255 e. The van der Waals surface area contributed by atoms with Crippen LogP contribution in [0.25, 0.3) is 11.1 Å². The summed E-state index contributed by atoms with van der Waals surface area (Å²) in [5, 5.41) is 33.1. The van der Waals surface area contributed by atoms with Gasteiger partial charge in [0.2, 0.25) is 5.78 Å². The van der Waals surface area contributed by atoms with Crippen LogP contribution >= 0.6 is 0 Å². The number of nitrogen functional groups attached to an aromatic ring is 1. The topological polar surface area (TPSA) is 216 Å². The number of oxazole rings is 1. The predicted molar refractivity (Wildman–Crippen MR) is 109 cm³/mol. The Morgan fingerprint density at radius 2 is 1.97 bits per heavy atom. The van der Waals surface area contributed by atoms with E-state index < -0.39 is 57.5 Å².